The molecule has 1 fully saturated rings. The van der Waals surface area contributed by atoms with Gasteiger partial charge in [0.15, 0.2) is 0 Å². The number of nitrogens with one attached hydrogen (secondary N) is 1. The largest absolute Gasteiger partial charge is 0.297 e. The van der Waals surface area contributed by atoms with E-state index in [1.807, 2.05) is 13.8 Å². The van der Waals surface area contributed by atoms with Crippen molar-refractivity contribution in [2.45, 2.75) is 26.9 Å². The fourth-order valence-electron chi connectivity index (χ4n) is 2.63. The number of nitrogens with zero attached hydrogens (tertiary/aromatic N) is 4. The number of aromatic nitrogens is 4. The zero-order chi connectivity index (χ0) is 14.1. The first-order chi connectivity index (χ1) is 9.60. The summed E-state index contributed by atoms with van der Waals surface area (Å²) in [7, 11) is 0. The summed E-state index contributed by atoms with van der Waals surface area (Å²) in [6.45, 7) is 7.48. The highest BCUT2D eigenvalue weighted by Crippen LogP contribution is 2.19. The number of H-pyrrole nitrogens is 1. The molecule has 3 rings (SSSR count). The Balaban J connectivity index is 1.53. The molecule has 0 unspecified atom stereocenters. The van der Waals surface area contributed by atoms with Gasteiger partial charge in [0, 0.05) is 37.3 Å². The van der Waals surface area contributed by atoms with Crippen molar-refractivity contribution >= 4 is 0 Å². The van der Waals surface area contributed by atoms with Crippen LogP contribution in [-0.4, -0.2) is 38.0 Å². The second-order valence-electron chi connectivity index (χ2n) is 5.60. The highest BCUT2D eigenvalue weighted by molar-refractivity contribution is 5.07. The molecule has 2 aromatic heterocycles. The van der Waals surface area contributed by atoms with Gasteiger partial charge in [-0.3, -0.25) is 14.8 Å². The minimum absolute atomic E-state index is 0.0167. The van der Waals surface area contributed by atoms with Crippen LogP contribution in [0, 0.1) is 19.8 Å². The van der Waals surface area contributed by atoms with Crippen LogP contribution in [0.25, 0.3) is 0 Å². The lowest BCUT2D eigenvalue weighted by Gasteiger charge is -2.38. The van der Waals surface area contributed by atoms with Crippen LogP contribution in [0.4, 0.5) is 0 Å². The lowest BCUT2D eigenvalue weighted by molar-refractivity contribution is 0.0753. The first-order valence-electron chi connectivity index (χ1n) is 6.88. The van der Waals surface area contributed by atoms with Gasteiger partial charge >= 0.3 is 0 Å². The summed E-state index contributed by atoms with van der Waals surface area (Å²) in [6.07, 6.45) is 0. The average molecular weight is 273 g/mol. The van der Waals surface area contributed by atoms with E-state index in [0.717, 1.165) is 36.7 Å². The fraction of sp³-hybridized carbons (Fsp3) is 0.500. The molecule has 3 heterocycles. The highest BCUT2D eigenvalue weighted by atomic mass is 16.1. The normalized spacial score (nSPS) is 16.3. The maximum absolute atomic E-state index is 11.7. The molecule has 0 aliphatic carbocycles. The van der Waals surface area contributed by atoms with E-state index < -0.39 is 0 Å². The molecule has 0 spiro atoms. The van der Waals surface area contributed by atoms with Crippen LogP contribution >= 0.6 is 0 Å². The number of hydrogen-bond acceptors (Lipinski definition) is 4. The number of hydrogen-bond donors (Lipinski definition) is 1. The summed E-state index contributed by atoms with van der Waals surface area (Å²) >= 11 is 0. The monoisotopic (exact) mass is 273 g/mol. The van der Waals surface area contributed by atoms with Gasteiger partial charge in [0.1, 0.15) is 0 Å². The van der Waals surface area contributed by atoms with Crippen molar-refractivity contribution in [1.82, 2.24) is 24.9 Å². The van der Waals surface area contributed by atoms with Crippen LogP contribution in [0.3, 0.4) is 0 Å². The Morgan fingerprint density at radius 1 is 1.35 bits per heavy atom. The predicted octanol–water partition coefficient (Wildman–Crippen LogP) is 0.715. The maximum Gasteiger partial charge on any atom is 0.266 e. The summed E-state index contributed by atoms with van der Waals surface area (Å²) in [6, 6.07) is 5.41. The Bertz CT molecular complexity index is 654. The second-order valence-corrected chi connectivity index (χ2v) is 5.60. The molecule has 0 bridgehead atoms. The highest BCUT2D eigenvalue weighted by Gasteiger charge is 2.27. The van der Waals surface area contributed by atoms with Gasteiger partial charge in [-0.2, -0.15) is 10.2 Å². The smallest absolute Gasteiger partial charge is 0.266 e. The van der Waals surface area contributed by atoms with Gasteiger partial charge in [-0.1, -0.05) is 0 Å². The molecule has 106 valence electrons. The topological polar surface area (TPSA) is 66.8 Å². The van der Waals surface area contributed by atoms with Crippen molar-refractivity contribution < 1.29 is 0 Å². The summed E-state index contributed by atoms with van der Waals surface area (Å²) in [4.78, 5) is 14.0. The van der Waals surface area contributed by atoms with E-state index in [1.54, 1.807) is 16.8 Å². The summed E-state index contributed by atoms with van der Waals surface area (Å²) in [5.41, 5.74) is 3.03. The quantitative estimate of drug-likeness (QED) is 0.891. The minimum Gasteiger partial charge on any atom is -0.297 e. The minimum atomic E-state index is -0.0167. The Hall–Kier alpha value is -1.95. The van der Waals surface area contributed by atoms with Crippen molar-refractivity contribution in [2.75, 3.05) is 13.1 Å². The van der Waals surface area contributed by atoms with E-state index >= 15 is 0 Å². The molecule has 0 saturated carbocycles. The lowest BCUT2D eigenvalue weighted by atomic mass is 10.00. The van der Waals surface area contributed by atoms with E-state index in [1.165, 1.54) is 0 Å². The van der Waals surface area contributed by atoms with Crippen LogP contribution in [0.5, 0.6) is 0 Å². The average Bonchev–Trinajstić information content (AvgIpc) is 2.76. The number of rotatable bonds is 4. The van der Waals surface area contributed by atoms with Crippen LogP contribution in [0.1, 0.15) is 17.1 Å². The molecule has 6 heteroatoms. The van der Waals surface area contributed by atoms with Crippen molar-refractivity contribution in [3.8, 4) is 0 Å². The standard InChI is InChI=1S/C14H19N5O/c1-10-3-4-14(20)19(17-10)8-12-6-18(7-12)9-13-5-11(2)15-16-13/h3-5,12H,6-9H2,1-2H3,(H,15,16). The van der Waals surface area contributed by atoms with Crippen molar-refractivity contribution in [1.29, 1.82) is 0 Å². The van der Waals surface area contributed by atoms with Gasteiger partial charge in [-0.05, 0) is 26.0 Å². The number of aryl methyl sites for hydroxylation is 2. The lowest BCUT2D eigenvalue weighted by Crippen LogP contribution is -2.48. The Morgan fingerprint density at radius 2 is 2.15 bits per heavy atom. The molecular formula is C14H19N5O. The molecule has 1 aliphatic heterocycles. The van der Waals surface area contributed by atoms with Gasteiger partial charge in [-0.25, -0.2) is 4.68 Å². The molecule has 1 saturated heterocycles. The summed E-state index contributed by atoms with van der Waals surface area (Å²) in [5.74, 6) is 0.502. The second kappa shape index (κ2) is 5.20. The van der Waals surface area contributed by atoms with Gasteiger partial charge in [0.2, 0.25) is 0 Å². The van der Waals surface area contributed by atoms with Crippen molar-refractivity contribution in [3.63, 3.8) is 0 Å². The maximum atomic E-state index is 11.7. The predicted molar refractivity (Wildman–Crippen MR) is 75.3 cm³/mol. The van der Waals surface area contributed by atoms with E-state index in [9.17, 15) is 4.79 Å². The van der Waals surface area contributed by atoms with Gasteiger partial charge in [-0.15, -0.1) is 0 Å². The summed E-state index contributed by atoms with van der Waals surface area (Å²) < 4.78 is 1.58. The summed E-state index contributed by atoms with van der Waals surface area (Å²) in [5, 5.41) is 11.5. The van der Waals surface area contributed by atoms with Crippen molar-refractivity contribution in [2.24, 2.45) is 5.92 Å². The molecule has 6 nitrogen and oxygen atoms in total. The Kier molecular flexibility index (Phi) is 3.40. The van der Waals surface area contributed by atoms with Gasteiger partial charge in [0.25, 0.3) is 5.56 Å². The van der Waals surface area contributed by atoms with Gasteiger partial charge < -0.3 is 0 Å². The molecule has 0 atom stereocenters. The van der Waals surface area contributed by atoms with E-state index in [-0.39, 0.29) is 5.56 Å². The Labute approximate surface area is 117 Å². The third-order valence-electron chi connectivity index (χ3n) is 3.61. The van der Waals surface area contributed by atoms with E-state index in [2.05, 4.69) is 26.3 Å². The zero-order valence-electron chi connectivity index (χ0n) is 11.8. The van der Waals surface area contributed by atoms with Crippen LogP contribution in [-0.2, 0) is 13.1 Å². The molecule has 2 aromatic rings. The fourth-order valence-corrected chi connectivity index (χ4v) is 2.63. The molecule has 1 aliphatic rings. The van der Waals surface area contributed by atoms with Crippen molar-refractivity contribution in [3.05, 3.63) is 45.6 Å². The van der Waals surface area contributed by atoms with Gasteiger partial charge in [0.05, 0.1) is 17.9 Å². The molecule has 20 heavy (non-hydrogen) atoms. The zero-order valence-corrected chi connectivity index (χ0v) is 11.8. The van der Waals surface area contributed by atoms with E-state index in [4.69, 9.17) is 0 Å². The Morgan fingerprint density at radius 3 is 2.85 bits per heavy atom. The third kappa shape index (κ3) is 2.80. The van der Waals surface area contributed by atoms with Crippen LogP contribution < -0.4 is 5.56 Å². The molecular weight excluding hydrogens is 254 g/mol. The SMILES string of the molecule is Cc1ccc(=O)n(CC2CN(Cc3cc(C)[nH]n3)C2)n1. The molecule has 1 N–H and O–H groups in total. The van der Waals surface area contributed by atoms with Crippen LogP contribution in [0.2, 0.25) is 0 Å². The molecule has 0 amide bonds. The van der Waals surface area contributed by atoms with Crippen LogP contribution in [0.15, 0.2) is 23.0 Å². The molecule has 0 radical (unpaired) electrons. The first-order valence-corrected chi connectivity index (χ1v) is 6.88. The third-order valence-corrected chi connectivity index (χ3v) is 3.61. The first kappa shape index (κ1) is 13.1. The number of aromatic amines is 1. The molecule has 0 aromatic carbocycles. The van der Waals surface area contributed by atoms with E-state index in [0.29, 0.717) is 12.5 Å². The number of likely N-dealkylation sites (tertiary alicyclic amines) is 1.